The summed E-state index contributed by atoms with van der Waals surface area (Å²) >= 11 is 0. The summed E-state index contributed by atoms with van der Waals surface area (Å²) in [6.45, 7) is 4.58. The van der Waals surface area contributed by atoms with Crippen molar-refractivity contribution in [3.8, 4) is 11.5 Å². The summed E-state index contributed by atoms with van der Waals surface area (Å²) < 4.78 is 15.3. The first kappa shape index (κ1) is 25.2. The van der Waals surface area contributed by atoms with Crippen molar-refractivity contribution in [1.29, 1.82) is 0 Å². The smallest absolute Gasteiger partial charge is 0.150 e. The maximum atomic E-state index is 6.88. The van der Waals surface area contributed by atoms with Gasteiger partial charge in [0.25, 0.3) is 0 Å². The predicted octanol–water partition coefficient (Wildman–Crippen LogP) is 8.59. The number of aryl methyl sites for hydroxylation is 2. The molecule has 0 bridgehead atoms. The van der Waals surface area contributed by atoms with Crippen LogP contribution in [0.25, 0.3) is 0 Å². The van der Waals surface area contributed by atoms with Gasteiger partial charge in [-0.15, -0.1) is 0 Å². The van der Waals surface area contributed by atoms with E-state index in [1.54, 1.807) is 7.11 Å². The Kier molecular flexibility index (Phi) is 6.99. The van der Waals surface area contributed by atoms with E-state index in [1.807, 2.05) is 0 Å². The van der Waals surface area contributed by atoms with Gasteiger partial charge in [-0.3, -0.25) is 0 Å². The standard InChI is InChI=1S/C34H36NO2P/c1-24(26-12-6-4-7-13-26)35(25(2)27-14-8-5-9-15-27)38-37-31-19-11-17-29-21-23-34(33(29)31)22-20-28-16-10-18-30(36-3)32(28)34/h4-19,24-25,38H,20-23H2,1-3H3/t24-,25-,34-/m1/s1. The van der Waals surface area contributed by atoms with Crippen LogP contribution in [0, 0.1) is 0 Å². The maximum absolute atomic E-state index is 6.88. The number of rotatable bonds is 8. The first-order valence-electron chi connectivity index (χ1n) is 13.7. The Bertz CT molecular complexity index is 1360. The van der Waals surface area contributed by atoms with Crippen LogP contribution in [0.1, 0.15) is 72.2 Å². The molecule has 194 valence electrons. The van der Waals surface area contributed by atoms with Gasteiger partial charge in [-0.05, 0) is 73.9 Å². The number of benzene rings is 4. The van der Waals surface area contributed by atoms with Crippen LogP contribution in [-0.4, -0.2) is 11.8 Å². The first-order chi connectivity index (χ1) is 18.6. The molecule has 2 aliphatic carbocycles. The summed E-state index contributed by atoms with van der Waals surface area (Å²) in [7, 11) is 1.99. The highest BCUT2D eigenvalue weighted by atomic mass is 31.1. The molecule has 0 fully saturated rings. The Balaban J connectivity index is 1.36. The summed E-state index contributed by atoms with van der Waals surface area (Å²) in [5.74, 6) is 2.05. The zero-order valence-corrected chi connectivity index (χ0v) is 23.5. The molecule has 4 aromatic rings. The average Bonchev–Trinajstić information content (AvgIpc) is 3.55. The van der Waals surface area contributed by atoms with Gasteiger partial charge in [0.15, 0.2) is 8.96 Å². The molecular formula is C34H36NO2P. The van der Waals surface area contributed by atoms with Crippen molar-refractivity contribution in [3.05, 3.63) is 130 Å². The van der Waals surface area contributed by atoms with E-state index in [4.69, 9.17) is 9.26 Å². The highest BCUT2D eigenvalue weighted by Crippen LogP contribution is 2.58. The molecule has 0 heterocycles. The fraction of sp³-hybridized carbons (Fsp3) is 0.294. The van der Waals surface area contributed by atoms with E-state index in [-0.39, 0.29) is 26.5 Å². The summed E-state index contributed by atoms with van der Waals surface area (Å²) in [6.07, 6.45) is 4.40. The molecule has 6 rings (SSSR count). The van der Waals surface area contributed by atoms with E-state index < -0.39 is 0 Å². The fourth-order valence-electron chi connectivity index (χ4n) is 6.74. The normalized spacial score (nSPS) is 19.6. The average molecular weight is 522 g/mol. The van der Waals surface area contributed by atoms with Crippen LogP contribution >= 0.6 is 8.96 Å². The summed E-state index contributed by atoms with van der Waals surface area (Å²) in [6, 6.07) is 35.1. The topological polar surface area (TPSA) is 21.7 Å². The monoisotopic (exact) mass is 521 g/mol. The molecule has 0 radical (unpaired) electrons. The fourth-order valence-corrected chi connectivity index (χ4v) is 7.73. The van der Waals surface area contributed by atoms with Crippen LogP contribution in [0.15, 0.2) is 97.1 Å². The lowest BCUT2D eigenvalue weighted by Crippen LogP contribution is -2.25. The van der Waals surface area contributed by atoms with E-state index in [2.05, 4.69) is 116 Å². The molecule has 1 spiro atoms. The van der Waals surface area contributed by atoms with Gasteiger partial charge in [0, 0.05) is 28.6 Å². The molecule has 4 heteroatoms. The molecule has 38 heavy (non-hydrogen) atoms. The van der Waals surface area contributed by atoms with Gasteiger partial charge in [0.1, 0.15) is 11.5 Å². The van der Waals surface area contributed by atoms with Crippen molar-refractivity contribution >= 4 is 8.96 Å². The molecule has 4 atom stereocenters. The van der Waals surface area contributed by atoms with Crippen molar-refractivity contribution in [2.45, 2.75) is 57.0 Å². The second-order valence-electron chi connectivity index (χ2n) is 10.6. The van der Waals surface area contributed by atoms with Crippen molar-refractivity contribution in [2.24, 2.45) is 0 Å². The lowest BCUT2D eigenvalue weighted by molar-refractivity contribution is 0.286. The molecule has 0 aliphatic heterocycles. The van der Waals surface area contributed by atoms with Crippen LogP contribution in [0.4, 0.5) is 0 Å². The summed E-state index contributed by atoms with van der Waals surface area (Å²) in [5, 5.41) is 0. The number of nitrogens with zero attached hydrogens (tertiary/aromatic N) is 1. The molecule has 0 aromatic heterocycles. The van der Waals surface area contributed by atoms with Crippen molar-refractivity contribution < 1.29 is 9.26 Å². The number of methoxy groups -OCH3 is 1. The minimum atomic E-state index is -0.0285. The van der Waals surface area contributed by atoms with Crippen molar-refractivity contribution in [2.75, 3.05) is 7.11 Å². The maximum Gasteiger partial charge on any atom is 0.150 e. The van der Waals surface area contributed by atoms with Crippen LogP contribution in [0.2, 0.25) is 0 Å². The molecule has 0 saturated heterocycles. The first-order valence-corrected chi connectivity index (χ1v) is 14.6. The molecule has 0 N–H and O–H groups in total. The van der Waals surface area contributed by atoms with Crippen molar-refractivity contribution in [1.82, 2.24) is 4.67 Å². The van der Waals surface area contributed by atoms with Gasteiger partial charge in [0.05, 0.1) is 7.11 Å². The quantitative estimate of drug-likeness (QED) is 0.217. The summed E-state index contributed by atoms with van der Waals surface area (Å²) in [5.41, 5.74) is 8.19. The number of fused-ring (bicyclic) bond motifs is 4. The van der Waals surface area contributed by atoms with Gasteiger partial charge in [-0.2, -0.15) is 0 Å². The molecule has 2 aliphatic rings. The highest BCUT2D eigenvalue weighted by molar-refractivity contribution is 7.29. The summed E-state index contributed by atoms with van der Waals surface area (Å²) in [4.78, 5) is 0. The molecule has 4 aromatic carbocycles. The van der Waals surface area contributed by atoms with Gasteiger partial charge in [-0.25, -0.2) is 4.67 Å². The SMILES string of the molecule is COc1cccc2c1[C@@]1(CC2)CCc2cccc(OPN([C@H](C)c3ccccc3)[C@H](C)c3ccccc3)c21. The lowest BCUT2D eigenvalue weighted by atomic mass is 9.76. The Morgan fingerprint density at radius 2 is 1.16 bits per heavy atom. The van der Waals surface area contributed by atoms with E-state index in [0.29, 0.717) is 0 Å². The minimum absolute atomic E-state index is 0.0285. The van der Waals surface area contributed by atoms with Crippen LogP contribution in [-0.2, 0) is 18.3 Å². The number of hydrogen-bond donors (Lipinski definition) is 0. The molecule has 0 amide bonds. The van der Waals surface area contributed by atoms with Crippen LogP contribution in [0.3, 0.4) is 0 Å². The largest absolute Gasteiger partial charge is 0.496 e. The zero-order chi connectivity index (χ0) is 26.1. The van der Waals surface area contributed by atoms with Crippen LogP contribution < -0.4 is 9.26 Å². The Hall–Kier alpha value is -3.13. The van der Waals surface area contributed by atoms with E-state index >= 15 is 0 Å². The third-order valence-electron chi connectivity index (χ3n) is 8.70. The van der Waals surface area contributed by atoms with Gasteiger partial charge < -0.3 is 9.26 Å². The van der Waals surface area contributed by atoms with E-state index in [0.717, 1.165) is 37.2 Å². The Morgan fingerprint density at radius 3 is 1.68 bits per heavy atom. The predicted molar refractivity (Wildman–Crippen MR) is 157 cm³/mol. The minimum Gasteiger partial charge on any atom is -0.496 e. The Morgan fingerprint density at radius 1 is 0.658 bits per heavy atom. The molecule has 3 nitrogen and oxygen atoms in total. The number of hydrogen-bond acceptors (Lipinski definition) is 3. The van der Waals surface area contributed by atoms with Gasteiger partial charge in [0.2, 0.25) is 0 Å². The molecule has 1 unspecified atom stereocenters. The number of ether oxygens (including phenoxy) is 1. The van der Waals surface area contributed by atoms with Crippen molar-refractivity contribution in [3.63, 3.8) is 0 Å². The van der Waals surface area contributed by atoms with E-state index in [9.17, 15) is 0 Å². The Labute approximate surface area is 228 Å². The third-order valence-corrected chi connectivity index (χ3v) is 10.0. The van der Waals surface area contributed by atoms with E-state index in [1.165, 1.54) is 33.4 Å². The second kappa shape index (κ2) is 10.6. The second-order valence-corrected chi connectivity index (χ2v) is 11.5. The van der Waals surface area contributed by atoms with Crippen LogP contribution in [0.5, 0.6) is 11.5 Å². The van der Waals surface area contributed by atoms with Gasteiger partial charge >= 0.3 is 0 Å². The van der Waals surface area contributed by atoms with Gasteiger partial charge in [-0.1, -0.05) is 84.9 Å². The molecular weight excluding hydrogens is 485 g/mol. The highest BCUT2D eigenvalue weighted by Gasteiger charge is 2.48. The third kappa shape index (κ3) is 4.32. The zero-order valence-electron chi connectivity index (χ0n) is 22.5. The lowest BCUT2D eigenvalue weighted by Gasteiger charge is -2.35. The molecule has 0 saturated carbocycles.